The zero-order valence-electron chi connectivity index (χ0n) is 16.9. The Morgan fingerprint density at radius 2 is 1.47 bits per heavy atom. The van der Waals surface area contributed by atoms with Gasteiger partial charge >= 0.3 is 0 Å². The summed E-state index contributed by atoms with van der Waals surface area (Å²) in [4.78, 5) is 28.9. The number of hydrogen-bond acceptors (Lipinski definition) is 4. The van der Waals surface area contributed by atoms with Crippen molar-refractivity contribution in [2.75, 3.05) is 18.0 Å². The number of imide groups is 1. The van der Waals surface area contributed by atoms with Crippen molar-refractivity contribution in [3.63, 3.8) is 0 Å². The third kappa shape index (κ3) is 2.36. The molecule has 3 heterocycles. The number of rotatable bonds is 2. The molecule has 5 heteroatoms. The molecular weight excluding hydrogens is 374 g/mol. The standard InChI is InChI=1S/C25H23N3O2/c1-16-10-12-18(13-11-16)22-21-23(27-15-5-14-26(22)27)25(30)28(24(21)29)20-9-4-7-17-6-2-3-8-19(17)20/h2-4,6-13,21-23H,5,14-15H2,1H3/t21-,22-,23-/m1/s1. The molecule has 0 radical (unpaired) electrons. The van der Waals surface area contributed by atoms with Gasteiger partial charge in [-0.05, 0) is 30.4 Å². The van der Waals surface area contributed by atoms with E-state index in [-0.39, 0.29) is 23.8 Å². The smallest absolute Gasteiger partial charge is 0.253 e. The normalized spacial score (nSPS) is 26.6. The van der Waals surface area contributed by atoms with Crippen LogP contribution < -0.4 is 4.90 Å². The van der Waals surface area contributed by atoms with E-state index in [2.05, 4.69) is 41.2 Å². The predicted molar refractivity (Wildman–Crippen MR) is 116 cm³/mol. The van der Waals surface area contributed by atoms with Crippen LogP contribution in [0, 0.1) is 12.8 Å². The number of aryl methyl sites for hydroxylation is 1. The van der Waals surface area contributed by atoms with Crippen LogP contribution in [-0.2, 0) is 9.59 Å². The van der Waals surface area contributed by atoms with Gasteiger partial charge in [0.25, 0.3) is 5.91 Å². The molecule has 150 valence electrons. The topological polar surface area (TPSA) is 43.9 Å². The summed E-state index contributed by atoms with van der Waals surface area (Å²) in [5.41, 5.74) is 3.00. The Kier molecular flexibility index (Phi) is 3.85. The van der Waals surface area contributed by atoms with Crippen molar-refractivity contribution in [3.05, 3.63) is 77.9 Å². The highest BCUT2D eigenvalue weighted by molar-refractivity contribution is 6.26. The maximum absolute atomic E-state index is 13.8. The molecule has 3 fully saturated rings. The summed E-state index contributed by atoms with van der Waals surface area (Å²) in [6.07, 6.45) is 1.02. The van der Waals surface area contributed by atoms with Crippen molar-refractivity contribution in [2.24, 2.45) is 5.92 Å². The van der Waals surface area contributed by atoms with Crippen molar-refractivity contribution >= 4 is 28.3 Å². The van der Waals surface area contributed by atoms with E-state index >= 15 is 0 Å². The SMILES string of the molecule is Cc1ccc([C@@H]2[C@H]3C(=O)N(c4cccc5ccccc45)C(=O)[C@@H]3N3CCCN23)cc1. The molecule has 6 rings (SSSR count). The van der Waals surface area contributed by atoms with Crippen LogP contribution in [0.3, 0.4) is 0 Å². The number of fused-ring (bicyclic) bond motifs is 4. The Labute approximate surface area is 175 Å². The second kappa shape index (κ2) is 6.49. The zero-order valence-corrected chi connectivity index (χ0v) is 16.9. The van der Waals surface area contributed by atoms with E-state index in [9.17, 15) is 9.59 Å². The molecule has 2 amide bonds. The Hall–Kier alpha value is -3.02. The van der Waals surface area contributed by atoms with Crippen LogP contribution in [0.25, 0.3) is 10.8 Å². The van der Waals surface area contributed by atoms with Crippen molar-refractivity contribution in [1.29, 1.82) is 0 Å². The lowest BCUT2D eigenvalue weighted by molar-refractivity contribution is -0.126. The van der Waals surface area contributed by atoms with Gasteiger partial charge in [-0.25, -0.2) is 14.9 Å². The lowest BCUT2D eigenvalue weighted by atomic mass is 9.89. The van der Waals surface area contributed by atoms with E-state index in [1.807, 2.05) is 42.5 Å². The van der Waals surface area contributed by atoms with Crippen LogP contribution in [-0.4, -0.2) is 41.0 Å². The summed E-state index contributed by atoms with van der Waals surface area (Å²) in [6, 6.07) is 21.7. The summed E-state index contributed by atoms with van der Waals surface area (Å²) < 4.78 is 0. The lowest BCUT2D eigenvalue weighted by Crippen LogP contribution is -2.44. The highest BCUT2D eigenvalue weighted by atomic mass is 16.2. The van der Waals surface area contributed by atoms with Gasteiger partial charge in [-0.2, -0.15) is 0 Å². The van der Waals surface area contributed by atoms with Crippen molar-refractivity contribution < 1.29 is 9.59 Å². The molecule has 3 aromatic carbocycles. The Bertz CT molecular complexity index is 1170. The molecule has 3 aliphatic heterocycles. The minimum Gasteiger partial charge on any atom is -0.274 e. The summed E-state index contributed by atoms with van der Waals surface area (Å²) in [6.45, 7) is 3.78. The maximum atomic E-state index is 13.8. The number of carbonyl (C=O) groups excluding carboxylic acids is 2. The number of amides is 2. The fraction of sp³-hybridized carbons (Fsp3) is 0.280. The number of benzene rings is 3. The van der Waals surface area contributed by atoms with Gasteiger partial charge < -0.3 is 0 Å². The van der Waals surface area contributed by atoms with E-state index in [1.54, 1.807) is 0 Å². The Morgan fingerprint density at radius 3 is 2.27 bits per heavy atom. The quantitative estimate of drug-likeness (QED) is 0.619. The minimum absolute atomic E-state index is 0.0821. The molecule has 0 spiro atoms. The first kappa shape index (κ1) is 17.8. The Morgan fingerprint density at radius 1 is 0.767 bits per heavy atom. The molecular formula is C25H23N3O2. The average molecular weight is 397 g/mol. The number of hydrogen-bond donors (Lipinski definition) is 0. The number of anilines is 1. The van der Waals surface area contributed by atoms with Crippen molar-refractivity contribution in [1.82, 2.24) is 10.0 Å². The van der Waals surface area contributed by atoms with E-state index < -0.39 is 6.04 Å². The first-order chi connectivity index (χ1) is 14.6. The third-order valence-electron chi connectivity index (χ3n) is 6.83. The van der Waals surface area contributed by atoms with Gasteiger partial charge in [0.2, 0.25) is 5.91 Å². The first-order valence-corrected chi connectivity index (χ1v) is 10.6. The van der Waals surface area contributed by atoms with E-state index in [1.165, 1.54) is 10.5 Å². The third-order valence-corrected chi connectivity index (χ3v) is 6.83. The molecule has 3 saturated heterocycles. The second-order valence-electron chi connectivity index (χ2n) is 8.52. The molecule has 5 nitrogen and oxygen atoms in total. The molecule has 30 heavy (non-hydrogen) atoms. The van der Waals surface area contributed by atoms with Gasteiger partial charge in [0.1, 0.15) is 6.04 Å². The summed E-state index contributed by atoms with van der Waals surface area (Å²) in [5, 5.41) is 6.38. The van der Waals surface area contributed by atoms with Crippen LogP contribution >= 0.6 is 0 Å². The summed E-state index contributed by atoms with van der Waals surface area (Å²) in [7, 11) is 0. The molecule has 3 aliphatic rings. The first-order valence-electron chi connectivity index (χ1n) is 10.6. The molecule has 3 atom stereocenters. The van der Waals surface area contributed by atoms with Crippen molar-refractivity contribution in [2.45, 2.75) is 25.4 Å². The van der Waals surface area contributed by atoms with Gasteiger partial charge in [0.05, 0.1) is 17.6 Å². The molecule has 0 saturated carbocycles. The summed E-state index contributed by atoms with van der Waals surface area (Å²) >= 11 is 0. The molecule has 0 aromatic heterocycles. The van der Waals surface area contributed by atoms with Gasteiger partial charge in [-0.1, -0.05) is 66.2 Å². The number of nitrogens with zero attached hydrogens (tertiary/aromatic N) is 3. The molecule has 0 unspecified atom stereocenters. The summed E-state index contributed by atoms with van der Waals surface area (Å²) in [5.74, 6) is -0.552. The minimum atomic E-state index is -0.412. The highest BCUT2D eigenvalue weighted by Crippen LogP contribution is 2.49. The number of carbonyl (C=O) groups is 2. The highest BCUT2D eigenvalue weighted by Gasteiger charge is 2.62. The van der Waals surface area contributed by atoms with Crippen LogP contribution in [0.1, 0.15) is 23.6 Å². The van der Waals surface area contributed by atoms with E-state index in [0.29, 0.717) is 5.69 Å². The molecule has 0 N–H and O–H groups in total. The largest absolute Gasteiger partial charge is 0.274 e. The average Bonchev–Trinajstić information content (AvgIpc) is 3.41. The molecule has 0 bridgehead atoms. The fourth-order valence-corrected chi connectivity index (χ4v) is 5.52. The lowest BCUT2D eigenvalue weighted by Gasteiger charge is -2.30. The van der Waals surface area contributed by atoms with Crippen LogP contribution in [0.5, 0.6) is 0 Å². The predicted octanol–water partition coefficient (Wildman–Crippen LogP) is 3.68. The van der Waals surface area contributed by atoms with Gasteiger partial charge in [0.15, 0.2) is 0 Å². The van der Waals surface area contributed by atoms with E-state index in [0.717, 1.165) is 35.8 Å². The van der Waals surface area contributed by atoms with Gasteiger partial charge in [0, 0.05) is 18.5 Å². The maximum Gasteiger partial charge on any atom is 0.253 e. The van der Waals surface area contributed by atoms with Crippen LogP contribution in [0.2, 0.25) is 0 Å². The fourth-order valence-electron chi connectivity index (χ4n) is 5.52. The molecule has 3 aromatic rings. The van der Waals surface area contributed by atoms with Crippen LogP contribution in [0.15, 0.2) is 66.7 Å². The monoisotopic (exact) mass is 397 g/mol. The molecule has 0 aliphatic carbocycles. The van der Waals surface area contributed by atoms with Gasteiger partial charge in [-0.3, -0.25) is 9.59 Å². The zero-order chi connectivity index (χ0) is 20.4. The van der Waals surface area contributed by atoms with Gasteiger partial charge in [-0.15, -0.1) is 0 Å². The second-order valence-corrected chi connectivity index (χ2v) is 8.52. The Balaban J connectivity index is 1.48. The van der Waals surface area contributed by atoms with Crippen LogP contribution in [0.4, 0.5) is 5.69 Å². The van der Waals surface area contributed by atoms with Crippen molar-refractivity contribution in [3.8, 4) is 0 Å². The number of hydrazine groups is 1. The van der Waals surface area contributed by atoms with E-state index in [4.69, 9.17) is 0 Å².